The number of H-pyrrole nitrogens is 1. The van der Waals surface area contributed by atoms with Crippen molar-refractivity contribution in [2.45, 2.75) is 19.1 Å². The quantitative estimate of drug-likeness (QED) is 0.753. The molecule has 1 atom stereocenters. The summed E-state index contributed by atoms with van der Waals surface area (Å²) in [5, 5.41) is 0. The summed E-state index contributed by atoms with van der Waals surface area (Å²) < 4.78 is 5.47. The Morgan fingerprint density at radius 3 is 2.75 bits per heavy atom. The van der Waals surface area contributed by atoms with Crippen LogP contribution in [0.1, 0.15) is 22.9 Å². The van der Waals surface area contributed by atoms with Gasteiger partial charge in [-0.2, -0.15) is 0 Å². The van der Waals surface area contributed by atoms with Crippen molar-refractivity contribution in [2.24, 2.45) is 0 Å². The van der Waals surface area contributed by atoms with E-state index >= 15 is 0 Å². The molecular weight excluding hydrogens is 356 g/mol. The van der Waals surface area contributed by atoms with Crippen LogP contribution >= 0.6 is 0 Å². The molecule has 7 nitrogen and oxygen atoms in total. The van der Waals surface area contributed by atoms with Gasteiger partial charge in [-0.25, -0.2) is 4.98 Å². The zero-order valence-electron chi connectivity index (χ0n) is 15.5. The average molecular weight is 376 g/mol. The van der Waals surface area contributed by atoms with Gasteiger partial charge in [0.1, 0.15) is 5.82 Å². The number of hydrogen-bond acceptors (Lipinski definition) is 5. The maximum absolute atomic E-state index is 13.1. The van der Waals surface area contributed by atoms with Crippen LogP contribution in [0.4, 0.5) is 0 Å². The summed E-state index contributed by atoms with van der Waals surface area (Å²) >= 11 is 0. The first-order valence-corrected chi connectivity index (χ1v) is 9.06. The number of aromatic amines is 1. The number of amides is 1. The Morgan fingerprint density at radius 1 is 1.21 bits per heavy atom. The lowest BCUT2D eigenvalue weighted by Gasteiger charge is -2.30. The summed E-state index contributed by atoms with van der Waals surface area (Å²) in [4.78, 5) is 38.8. The van der Waals surface area contributed by atoms with Gasteiger partial charge >= 0.3 is 0 Å². The third-order valence-electron chi connectivity index (χ3n) is 4.88. The van der Waals surface area contributed by atoms with Crippen LogP contribution in [-0.4, -0.2) is 39.4 Å². The minimum atomic E-state index is -0.678. The number of methoxy groups -OCH3 is 1. The second-order valence-electron chi connectivity index (χ2n) is 6.62. The van der Waals surface area contributed by atoms with Crippen LogP contribution < -0.4 is 5.56 Å². The van der Waals surface area contributed by atoms with E-state index in [0.717, 1.165) is 11.1 Å². The third kappa shape index (κ3) is 3.44. The normalized spacial score (nSPS) is 14.4. The molecule has 7 heteroatoms. The predicted octanol–water partition coefficient (Wildman–Crippen LogP) is 2.10. The molecule has 0 bridgehead atoms. The number of ether oxygens (including phenoxy) is 1. The molecule has 2 aromatic heterocycles. The highest BCUT2D eigenvalue weighted by atomic mass is 16.5. The van der Waals surface area contributed by atoms with Crippen LogP contribution in [-0.2, 0) is 22.5 Å². The Kier molecular flexibility index (Phi) is 4.99. The Labute approximate surface area is 162 Å². The van der Waals surface area contributed by atoms with Gasteiger partial charge in [0.2, 0.25) is 0 Å². The number of pyridine rings is 1. The lowest BCUT2D eigenvalue weighted by atomic mass is 10.0. The van der Waals surface area contributed by atoms with E-state index in [1.807, 2.05) is 36.4 Å². The largest absolute Gasteiger partial charge is 0.367 e. The van der Waals surface area contributed by atoms with Crippen LogP contribution in [0.3, 0.4) is 0 Å². The first-order chi connectivity index (χ1) is 13.7. The second-order valence-corrected chi connectivity index (χ2v) is 6.62. The summed E-state index contributed by atoms with van der Waals surface area (Å²) in [6.45, 7) is 0.730. The van der Waals surface area contributed by atoms with Crippen molar-refractivity contribution in [1.29, 1.82) is 0 Å². The molecule has 0 fully saturated rings. The number of fused-ring (bicyclic) bond motifs is 1. The summed E-state index contributed by atoms with van der Waals surface area (Å²) in [5.41, 5.74) is 2.61. The highest BCUT2D eigenvalue weighted by Crippen LogP contribution is 2.24. The molecule has 0 unspecified atom stereocenters. The number of nitrogens with zero attached hydrogens (tertiary/aromatic N) is 3. The van der Waals surface area contributed by atoms with Crippen molar-refractivity contribution in [3.05, 3.63) is 82.0 Å². The third-order valence-corrected chi connectivity index (χ3v) is 4.88. The van der Waals surface area contributed by atoms with Crippen molar-refractivity contribution in [3.63, 3.8) is 0 Å². The first-order valence-electron chi connectivity index (χ1n) is 9.06. The molecule has 0 saturated carbocycles. The van der Waals surface area contributed by atoms with Gasteiger partial charge in [0, 0.05) is 37.2 Å². The number of carbonyl (C=O) groups excluding carboxylic acids is 1. The highest BCUT2D eigenvalue weighted by molar-refractivity contribution is 5.82. The van der Waals surface area contributed by atoms with Gasteiger partial charge in [-0.15, -0.1) is 0 Å². The van der Waals surface area contributed by atoms with Gasteiger partial charge in [0.05, 0.1) is 12.2 Å². The first kappa shape index (κ1) is 18.1. The monoisotopic (exact) mass is 376 g/mol. The van der Waals surface area contributed by atoms with Gasteiger partial charge in [0.15, 0.2) is 6.10 Å². The van der Waals surface area contributed by atoms with E-state index in [2.05, 4.69) is 15.0 Å². The Bertz CT molecular complexity index is 1030. The Morgan fingerprint density at radius 2 is 2.04 bits per heavy atom. The smallest absolute Gasteiger partial charge is 0.256 e. The summed E-state index contributed by atoms with van der Waals surface area (Å²) in [6.07, 6.45) is 3.09. The van der Waals surface area contributed by atoms with E-state index in [-0.39, 0.29) is 18.0 Å². The van der Waals surface area contributed by atoms with Crippen molar-refractivity contribution in [1.82, 2.24) is 19.9 Å². The molecule has 0 aliphatic carbocycles. The number of hydrogen-bond donors (Lipinski definition) is 1. The topological polar surface area (TPSA) is 88.2 Å². The van der Waals surface area contributed by atoms with Gasteiger partial charge < -0.3 is 14.6 Å². The van der Waals surface area contributed by atoms with Crippen molar-refractivity contribution >= 4 is 5.91 Å². The van der Waals surface area contributed by atoms with E-state index in [1.165, 1.54) is 7.11 Å². The zero-order chi connectivity index (χ0) is 19.5. The Hall–Kier alpha value is -3.32. The number of carbonyl (C=O) groups is 1. The molecule has 28 heavy (non-hydrogen) atoms. The second kappa shape index (κ2) is 7.74. The fourth-order valence-electron chi connectivity index (χ4n) is 3.44. The molecule has 0 saturated heterocycles. The van der Waals surface area contributed by atoms with Gasteiger partial charge in [0.25, 0.3) is 11.5 Å². The van der Waals surface area contributed by atoms with Crippen LogP contribution in [0.5, 0.6) is 0 Å². The van der Waals surface area contributed by atoms with E-state index in [4.69, 9.17) is 4.74 Å². The van der Waals surface area contributed by atoms with Crippen LogP contribution in [0, 0.1) is 0 Å². The minimum Gasteiger partial charge on any atom is -0.367 e. The summed E-state index contributed by atoms with van der Waals surface area (Å²) in [5.74, 6) is 0.321. The highest BCUT2D eigenvalue weighted by Gasteiger charge is 2.30. The molecule has 142 valence electrons. The number of benzene rings is 1. The van der Waals surface area contributed by atoms with Gasteiger partial charge in [-0.1, -0.05) is 30.3 Å². The lowest BCUT2D eigenvalue weighted by molar-refractivity contribution is -0.143. The van der Waals surface area contributed by atoms with Crippen LogP contribution in [0.15, 0.2) is 59.7 Å². The molecule has 4 rings (SSSR count). The van der Waals surface area contributed by atoms with Crippen molar-refractivity contribution < 1.29 is 9.53 Å². The average Bonchev–Trinajstić information content (AvgIpc) is 2.75. The molecule has 1 aromatic carbocycles. The summed E-state index contributed by atoms with van der Waals surface area (Å²) in [7, 11) is 1.52. The lowest BCUT2D eigenvalue weighted by Crippen LogP contribution is -2.41. The molecule has 1 aliphatic rings. The molecule has 0 radical (unpaired) electrons. The maximum atomic E-state index is 13.1. The molecule has 3 aromatic rings. The van der Waals surface area contributed by atoms with Crippen LogP contribution in [0.25, 0.3) is 11.4 Å². The Balaban J connectivity index is 1.63. The minimum absolute atomic E-state index is 0.135. The van der Waals surface area contributed by atoms with E-state index in [9.17, 15) is 9.59 Å². The maximum Gasteiger partial charge on any atom is 0.256 e. The van der Waals surface area contributed by atoms with Crippen molar-refractivity contribution in [2.75, 3.05) is 13.7 Å². The fourth-order valence-corrected chi connectivity index (χ4v) is 3.44. The number of rotatable bonds is 4. The molecule has 1 amide bonds. The molecule has 0 spiro atoms. The standard InChI is InChI=1S/C21H20N4O3/c1-28-18(14-6-3-2-4-7-14)21(27)25-11-9-16-17(13-25)23-19(24-20(16)26)15-8-5-10-22-12-15/h2-8,10,12,18H,9,11,13H2,1H3,(H,23,24,26)/t18-/m0/s1. The molecule has 3 heterocycles. The van der Waals surface area contributed by atoms with E-state index < -0.39 is 6.10 Å². The molecular formula is C21H20N4O3. The fraction of sp³-hybridized carbons (Fsp3) is 0.238. The SMILES string of the molecule is CO[C@H](C(=O)N1CCc2c(nc(-c3cccnc3)[nH]c2=O)C1)c1ccccc1. The van der Waals surface area contributed by atoms with Gasteiger partial charge in [-0.05, 0) is 24.1 Å². The predicted molar refractivity (Wildman–Crippen MR) is 103 cm³/mol. The number of aromatic nitrogens is 3. The molecule has 1 aliphatic heterocycles. The van der Waals surface area contributed by atoms with Crippen LogP contribution in [0.2, 0.25) is 0 Å². The van der Waals surface area contributed by atoms with Gasteiger partial charge in [-0.3, -0.25) is 14.6 Å². The van der Waals surface area contributed by atoms with Crippen molar-refractivity contribution in [3.8, 4) is 11.4 Å². The van der Waals surface area contributed by atoms with E-state index in [1.54, 1.807) is 23.4 Å². The van der Waals surface area contributed by atoms with E-state index in [0.29, 0.717) is 30.0 Å². The zero-order valence-corrected chi connectivity index (χ0v) is 15.5. The molecule has 1 N–H and O–H groups in total. The summed E-state index contributed by atoms with van der Waals surface area (Å²) in [6, 6.07) is 13.0. The number of nitrogens with one attached hydrogen (secondary N) is 1.